The van der Waals surface area contributed by atoms with Crippen LogP contribution in [0.3, 0.4) is 0 Å². The number of unbranched alkanes of at least 4 members (excludes halogenated alkanes) is 58. The van der Waals surface area contributed by atoms with Gasteiger partial charge in [-0.1, -0.05) is 386 Å². The van der Waals surface area contributed by atoms with Crippen LogP contribution in [0.4, 0.5) is 0 Å². The van der Waals surface area contributed by atoms with E-state index in [-0.39, 0.29) is 25.2 Å². The Hall–Kier alpha value is -1.10. The molecule has 0 heterocycles. The number of carbonyl (C=O) groups is 2. The molecule has 0 aromatic heterocycles. The van der Waals surface area contributed by atoms with Crippen LogP contribution in [0.1, 0.15) is 412 Å². The van der Waals surface area contributed by atoms with E-state index >= 15 is 0 Å². The first-order valence-corrected chi connectivity index (χ1v) is 34.6. The van der Waals surface area contributed by atoms with Crippen molar-refractivity contribution in [2.75, 3.05) is 13.2 Å². The van der Waals surface area contributed by atoms with E-state index in [1.54, 1.807) is 0 Å². The minimum Gasteiger partial charge on any atom is -0.462 e. The Balaban J connectivity index is 3.35. The standard InChI is InChI=1S/C69H136O5/c1-3-5-7-9-11-13-15-17-19-21-23-25-27-29-30-31-32-33-34-35-36-37-38-40-42-44-46-48-50-52-54-56-58-60-62-64-69(72)74-67(65-70)66-73-68(71)63-61-59-57-55-53-51-49-47-45-43-41-39-28-26-24-22-20-18-16-14-12-10-8-6-4-2/h67,70H,3-66H2,1-2H3. The van der Waals surface area contributed by atoms with Gasteiger partial charge in [0.2, 0.25) is 0 Å². The van der Waals surface area contributed by atoms with Gasteiger partial charge in [-0.15, -0.1) is 0 Å². The van der Waals surface area contributed by atoms with Gasteiger partial charge in [0, 0.05) is 12.8 Å². The highest BCUT2D eigenvalue weighted by atomic mass is 16.6. The third kappa shape index (κ3) is 63.4. The summed E-state index contributed by atoms with van der Waals surface area (Å²) in [6.45, 7) is 4.23. The zero-order valence-corrected chi connectivity index (χ0v) is 50.9. The molecule has 0 saturated heterocycles. The van der Waals surface area contributed by atoms with Crippen LogP contribution in [0, 0.1) is 0 Å². The van der Waals surface area contributed by atoms with Gasteiger partial charge >= 0.3 is 11.9 Å². The molecule has 1 N–H and O–H groups in total. The molecular weight excluding hydrogens is 909 g/mol. The first-order valence-electron chi connectivity index (χ1n) is 34.6. The second kappa shape index (κ2) is 66.2. The van der Waals surface area contributed by atoms with Crippen LogP contribution in [-0.4, -0.2) is 36.4 Å². The maximum Gasteiger partial charge on any atom is 0.306 e. The van der Waals surface area contributed by atoms with Crippen molar-refractivity contribution in [3.63, 3.8) is 0 Å². The zero-order valence-electron chi connectivity index (χ0n) is 50.9. The first kappa shape index (κ1) is 72.9. The average molecular weight is 1050 g/mol. The van der Waals surface area contributed by atoms with Crippen molar-refractivity contribution in [1.29, 1.82) is 0 Å². The molecule has 5 heteroatoms. The molecule has 0 aliphatic carbocycles. The van der Waals surface area contributed by atoms with Crippen molar-refractivity contribution < 1.29 is 24.2 Å². The quantitative estimate of drug-likeness (QED) is 0.0485. The molecule has 5 nitrogen and oxygen atoms in total. The summed E-state index contributed by atoms with van der Waals surface area (Å²) < 4.78 is 10.8. The number of ether oxygens (including phenoxy) is 2. The smallest absolute Gasteiger partial charge is 0.306 e. The second-order valence-corrected chi connectivity index (χ2v) is 24.0. The van der Waals surface area contributed by atoms with Gasteiger partial charge in [-0.25, -0.2) is 0 Å². The van der Waals surface area contributed by atoms with E-state index in [1.165, 1.54) is 353 Å². The molecule has 0 rings (SSSR count). The second-order valence-electron chi connectivity index (χ2n) is 24.0. The van der Waals surface area contributed by atoms with E-state index in [0.29, 0.717) is 12.8 Å². The van der Waals surface area contributed by atoms with Crippen molar-refractivity contribution in [3.8, 4) is 0 Å². The number of aliphatic hydroxyl groups is 1. The summed E-state index contributed by atoms with van der Waals surface area (Å²) in [5.41, 5.74) is 0. The van der Waals surface area contributed by atoms with Gasteiger partial charge in [0.15, 0.2) is 6.10 Å². The highest BCUT2D eigenvalue weighted by Crippen LogP contribution is 2.20. The van der Waals surface area contributed by atoms with Crippen molar-refractivity contribution >= 4 is 11.9 Å². The lowest BCUT2D eigenvalue weighted by molar-refractivity contribution is -0.161. The maximum atomic E-state index is 12.4. The fourth-order valence-electron chi connectivity index (χ4n) is 11.2. The lowest BCUT2D eigenvalue weighted by Crippen LogP contribution is -2.28. The summed E-state index contributed by atoms with van der Waals surface area (Å²) in [7, 11) is 0. The molecule has 0 bridgehead atoms. The molecule has 442 valence electrons. The Labute approximate surface area is 465 Å². The molecule has 74 heavy (non-hydrogen) atoms. The summed E-state index contributed by atoms with van der Waals surface area (Å²) in [6, 6.07) is 0. The molecule has 0 saturated carbocycles. The van der Waals surface area contributed by atoms with Crippen LogP contribution in [0.2, 0.25) is 0 Å². The minimum atomic E-state index is -0.765. The lowest BCUT2D eigenvalue weighted by Gasteiger charge is -2.15. The Kier molecular flexibility index (Phi) is 65.2. The Morgan fingerprint density at radius 3 is 0.595 bits per heavy atom. The Bertz CT molecular complexity index is 1050. The van der Waals surface area contributed by atoms with E-state index in [9.17, 15) is 14.7 Å². The zero-order chi connectivity index (χ0) is 53.4. The fourth-order valence-corrected chi connectivity index (χ4v) is 11.2. The molecular formula is C69H136O5. The third-order valence-electron chi connectivity index (χ3n) is 16.4. The Morgan fingerprint density at radius 2 is 0.419 bits per heavy atom. The van der Waals surface area contributed by atoms with Crippen LogP contribution in [0.25, 0.3) is 0 Å². The molecule has 1 atom stereocenters. The van der Waals surface area contributed by atoms with E-state index in [1.807, 2.05) is 0 Å². The molecule has 0 amide bonds. The van der Waals surface area contributed by atoms with Gasteiger partial charge in [-0.3, -0.25) is 9.59 Å². The predicted molar refractivity (Wildman–Crippen MR) is 326 cm³/mol. The summed E-state index contributed by atoms with van der Waals surface area (Å²) in [5.74, 6) is -0.559. The molecule has 0 aromatic carbocycles. The molecule has 0 fully saturated rings. The van der Waals surface area contributed by atoms with E-state index in [0.717, 1.165) is 32.1 Å². The van der Waals surface area contributed by atoms with E-state index < -0.39 is 6.10 Å². The van der Waals surface area contributed by atoms with Gasteiger partial charge in [-0.05, 0) is 12.8 Å². The number of rotatable bonds is 66. The van der Waals surface area contributed by atoms with Crippen LogP contribution >= 0.6 is 0 Å². The summed E-state index contributed by atoms with van der Waals surface area (Å²) >= 11 is 0. The fraction of sp³-hybridized carbons (Fsp3) is 0.971. The molecule has 0 aromatic rings. The molecule has 0 aliphatic heterocycles. The Morgan fingerprint density at radius 1 is 0.257 bits per heavy atom. The topological polar surface area (TPSA) is 72.8 Å². The average Bonchev–Trinajstić information content (AvgIpc) is 3.40. The van der Waals surface area contributed by atoms with Crippen LogP contribution in [-0.2, 0) is 19.1 Å². The van der Waals surface area contributed by atoms with Crippen molar-refractivity contribution in [2.24, 2.45) is 0 Å². The number of hydrogen-bond donors (Lipinski definition) is 1. The summed E-state index contributed by atoms with van der Waals surface area (Å²) in [6.07, 6.45) is 82.9. The minimum absolute atomic E-state index is 0.0553. The third-order valence-corrected chi connectivity index (χ3v) is 16.4. The monoisotopic (exact) mass is 1050 g/mol. The maximum absolute atomic E-state index is 12.4. The molecule has 0 radical (unpaired) electrons. The van der Waals surface area contributed by atoms with Crippen LogP contribution in [0.5, 0.6) is 0 Å². The number of carbonyl (C=O) groups excluding carboxylic acids is 2. The van der Waals surface area contributed by atoms with Gasteiger partial charge in [0.25, 0.3) is 0 Å². The number of aliphatic hydroxyl groups excluding tert-OH is 1. The molecule has 0 spiro atoms. The van der Waals surface area contributed by atoms with Crippen LogP contribution in [0.15, 0.2) is 0 Å². The van der Waals surface area contributed by atoms with Gasteiger partial charge in [0.1, 0.15) is 6.61 Å². The molecule has 0 aliphatic rings. The summed E-state index contributed by atoms with van der Waals surface area (Å²) in [4.78, 5) is 24.6. The van der Waals surface area contributed by atoms with Crippen molar-refractivity contribution in [1.82, 2.24) is 0 Å². The number of hydrogen-bond acceptors (Lipinski definition) is 5. The highest BCUT2D eigenvalue weighted by molar-refractivity contribution is 5.70. The van der Waals surface area contributed by atoms with E-state index in [2.05, 4.69) is 13.8 Å². The first-order chi connectivity index (χ1) is 36.6. The van der Waals surface area contributed by atoms with Crippen molar-refractivity contribution in [3.05, 3.63) is 0 Å². The van der Waals surface area contributed by atoms with E-state index in [4.69, 9.17) is 9.47 Å². The molecule has 1 unspecified atom stereocenters. The highest BCUT2D eigenvalue weighted by Gasteiger charge is 2.16. The van der Waals surface area contributed by atoms with Crippen LogP contribution < -0.4 is 0 Å². The number of esters is 2. The normalized spacial score (nSPS) is 12.0. The van der Waals surface area contributed by atoms with Gasteiger partial charge in [-0.2, -0.15) is 0 Å². The lowest BCUT2D eigenvalue weighted by atomic mass is 10.0. The largest absolute Gasteiger partial charge is 0.462 e. The van der Waals surface area contributed by atoms with Crippen molar-refractivity contribution in [2.45, 2.75) is 418 Å². The SMILES string of the molecule is CCCCCCCCCCCCCCCCCCCCCCCCCCCCCCCCCCCCCC(=O)OC(CO)COC(=O)CCCCCCCCCCCCCCCCCCCCCCCCCCC. The van der Waals surface area contributed by atoms with Gasteiger partial charge in [0.05, 0.1) is 6.61 Å². The summed E-state index contributed by atoms with van der Waals surface area (Å²) in [5, 5.41) is 9.69. The predicted octanol–water partition coefficient (Wildman–Crippen LogP) is 23.7. The van der Waals surface area contributed by atoms with Gasteiger partial charge < -0.3 is 14.6 Å².